The lowest BCUT2D eigenvalue weighted by Gasteiger charge is -2.12. The number of rotatable bonds is 4. The van der Waals surface area contributed by atoms with E-state index in [0.717, 1.165) is 11.1 Å². The van der Waals surface area contributed by atoms with Crippen molar-refractivity contribution in [1.29, 1.82) is 5.26 Å². The molecule has 0 saturated carbocycles. The van der Waals surface area contributed by atoms with E-state index in [1.165, 1.54) is 0 Å². The lowest BCUT2D eigenvalue weighted by Crippen LogP contribution is -1.93. The van der Waals surface area contributed by atoms with Gasteiger partial charge in [0.1, 0.15) is 5.75 Å². The lowest BCUT2D eigenvalue weighted by atomic mass is 10.1. The third kappa shape index (κ3) is 2.90. The van der Waals surface area contributed by atoms with Gasteiger partial charge in [-0.05, 0) is 48.4 Å². The Labute approximate surface area is 117 Å². The van der Waals surface area contributed by atoms with E-state index in [4.69, 9.17) is 19.8 Å². The van der Waals surface area contributed by atoms with Crippen LogP contribution in [0.2, 0.25) is 0 Å². The number of aliphatic hydroxyl groups is 1. The fraction of sp³-hybridized carbons (Fsp3) is 0.188. The van der Waals surface area contributed by atoms with Crippen molar-refractivity contribution < 1.29 is 14.6 Å². The number of benzene rings is 2. The van der Waals surface area contributed by atoms with Crippen LogP contribution in [0.25, 0.3) is 0 Å². The predicted octanol–water partition coefficient (Wildman–Crippen LogP) is 3.16. The van der Waals surface area contributed by atoms with Gasteiger partial charge in [0.15, 0.2) is 11.5 Å². The fourth-order valence-corrected chi connectivity index (χ4v) is 1.85. The van der Waals surface area contributed by atoms with Gasteiger partial charge in [-0.25, -0.2) is 0 Å². The Morgan fingerprint density at radius 2 is 1.95 bits per heavy atom. The lowest BCUT2D eigenvalue weighted by molar-refractivity contribution is 0.280. The molecule has 0 bridgehead atoms. The zero-order valence-corrected chi connectivity index (χ0v) is 11.4. The summed E-state index contributed by atoms with van der Waals surface area (Å²) in [5.74, 6) is 1.75. The van der Waals surface area contributed by atoms with Crippen LogP contribution < -0.4 is 9.47 Å². The van der Waals surface area contributed by atoms with E-state index in [0.29, 0.717) is 22.8 Å². The second kappa shape index (κ2) is 6.09. The van der Waals surface area contributed by atoms with E-state index in [-0.39, 0.29) is 6.61 Å². The van der Waals surface area contributed by atoms with Crippen LogP contribution in [-0.4, -0.2) is 12.2 Å². The molecule has 0 aliphatic carbocycles. The fourth-order valence-electron chi connectivity index (χ4n) is 1.85. The van der Waals surface area contributed by atoms with Crippen LogP contribution in [0.1, 0.15) is 16.7 Å². The third-order valence-electron chi connectivity index (χ3n) is 2.96. The summed E-state index contributed by atoms with van der Waals surface area (Å²) in [5.41, 5.74) is 2.24. The summed E-state index contributed by atoms with van der Waals surface area (Å²) in [6, 6.07) is 12.6. The highest BCUT2D eigenvalue weighted by atomic mass is 16.5. The number of aryl methyl sites for hydroxylation is 1. The number of nitriles is 1. The molecule has 2 aromatic carbocycles. The van der Waals surface area contributed by atoms with E-state index >= 15 is 0 Å². The van der Waals surface area contributed by atoms with E-state index in [1.807, 2.05) is 6.92 Å². The van der Waals surface area contributed by atoms with Crippen LogP contribution in [-0.2, 0) is 6.61 Å². The summed E-state index contributed by atoms with van der Waals surface area (Å²) in [5, 5.41) is 18.0. The molecule has 0 aliphatic rings. The van der Waals surface area contributed by atoms with E-state index < -0.39 is 0 Å². The van der Waals surface area contributed by atoms with Gasteiger partial charge in [-0.3, -0.25) is 0 Å². The minimum Gasteiger partial charge on any atom is -0.493 e. The second-order valence-electron chi connectivity index (χ2n) is 4.33. The maximum atomic E-state index is 9.11. The van der Waals surface area contributed by atoms with Crippen molar-refractivity contribution >= 4 is 0 Å². The van der Waals surface area contributed by atoms with Crippen LogP contribution in [0.15, 0.2) is 36.4 Å². The quantitative estimate of drug-likeness (QED) is 0.926. The van der Waals surface area contributed by atoms with Gasteiger partial charge >= 0.3 is 0 Å². The summed E-state index contributed by atoms with van der Waals surface area (Å²) in [6.45, 7) is 1.81. The van der Waals surface area contributed by atoms with Crippen molar-refractivity contribution in [1.82, 2.24) is 0 Å². The molecule has 2 aromatic rings. The molecule has 0 atom stereocenters. The molecule has 4 heteroatoms. The van der Waals surface area contributed by atoms with Gasteiger partial charge in [-0.2, -0.15) is 5.26 Å². The Morgan fingerprint density at radius 3 is 2.55 bits per heavy atom. The second-order valence-corrected chi connectivity index (χ2v) is 4.33. The van der Waals surface area contributed by atoms with Crippen LogP contribution in [0.3, 0.4) is 0 Å². The van der Waals surface area contributed by atoms with Crippen LogP contribution in [0.4, 0.5) is 0 Å². The first-order valence-electron chi connectivity index (χ1n) is 6.14. The summed E-state index contributed by atoms with van der Waals surface area (Å²) >= 11 is 0. The molecule has 0 heterocycles. The van der Waals surface area contributed by atoms with Crippen molar-refractivity contribution in [3.63, 3.8) is 0 Å². The van der Waals surface area contributed by atoms with Crippen molar-refractivity contribution in [3.05, 3.63) is 53.1 Å². The maximum absolute atomic E-state index is 9.11. The molecule has 0 radical (unpaired) electrons. The van der Waals surface area contributed by atoms with Crippen molar-refractivity contribution in [3.8, 4) is 23.3 Å². The molecule has 0 amide bonds. The minimum atomic E-state index is -0.0490. The monoisotopic (exact) mass is 269 g/mol. The standard InChI is InChI=1S/C16H15NO3/c1-11-7-14(5-4-13(11)9-17)20-15-6-3-12(10-18)8-16(15)19-2/h3-8,18H,10H2,1-2H3. The molecular formula is C16H15NO3. The van der Waals surface area contributed by atoms with E-state index in [9.17, 15) is 0 Å². The van der Waals surface area contributed by atoms with Gasteiger partial charge < -0.3 is 14.6 Å². The molecule has 102 valence electrons. The Bertz CT molecular complexity index is 659. The molecule has 0 saturated heterocycles. The average Bonchev–Trinajstić information content (AvgIpc) is 2.48. The minimum absolute atomic E-state index is 0.0490. The van der Waals surface area contributed by atoms with E-state index in [2.05, 4.69) is 6.07 Å². The molecular weight excluding hydrogens is 254 g/mol. The van der Waals surface area contributed by atoms with Crippen molar-refractivity contribution in [2.24, 2.45) is 0 Å². The summed E-state index contributed by atoms with van der Waals surface area (Å²) in [6.07, 6.45) is 0. The smallest absolute Gasteiger partial charge is 0.169 e. The highest BCUT2D eigenvalue weighted by molar-refractivity contribution is 5.47. The topological polar surface area (TPSA) is 62.5 Å². The van der Waals surface area contributed by atoms with E-state index in [1.54, 1.807) is 43.5 Å². The number of hydrogen-bond acceptors (Lipinski definition) is 4. The number of hydrogen-bond donors (Lipinski definition) is 1. The zero-order chi connectivity index (χ0) is 14.5. The first kappa shape index (κ1) is 13.9. The van der Waals surface area contributed by atoms with Gasteiger partial charge in [0.05, 0.1) is 25.3 Å². The van der Waals surface area contributed by atoms with Crippen LogP contribution >= 0.6 is 0 Å². The third-order valence-corrected chi connectivity index (χ3v) is 2.96. The predicted molar refractivity (Wildman–Crippen MR) is 74.9 cm³/mol. The van der Waals surface area contributed by atoms with Gasteiger partial charge in [0.25, 0.3) is 0 Å². The number of methoxy groups -OCH3 is 1. The molecule has 0 aromatic heterocycles. The Balaban J connectivity index is 2.30. The Kier molecular flexibility index (Phi) is 4.24. The molecule has 0 fully saturated rings. The summed E-state index contributed by atoms with van der Waals surface area (Å²) < 4.78 is 11.0. The maximum Gasteiger partial charge on any atom is 0.169 e. The SMILES string of the molecule is COc1cc(CO)ccc1Oc1ccc(C#N)c(C)c1. The van der Waals surface area contributed by atoms with Crippen molar-refractivity contribution in [2.45, 2.75) is 13.5 Å². The first-order valence-corrected chi connectivity index (χ1v) is 6.14. The first-order chi connectivity index (χ1) is 9.67. The van der Waals surface area contributed by atoms with Gasteiger partial charge in [0, 0.05) is 0 Å². The molecule has 20 heavy (non-hydrogen) atoms. The normalized spacial score (nSPS) is 9.90. The van der Waals surface area contributed by atoms with Crippen molar-refractivity contribution in [2.75, 3.05) is 7.11 Å². The van der Waals surface area contributed by atoms with Crippen LogP contribution in [0, 0.1) is 18.3 Å². The number of ether oxygens (including phenoxy) is 2. The molecule has 0 spiro atoms. The average molecular weight is 269 g/mol. The van der Waals surface area contributed by atoms with Gasteiger partial charge in [-0.1, -0.05) is 6.07 Å². The highest BCUT2D eigenvalue weighted by Gasteiger charge is 2.08. The molecule has 0 aliphatic heterocycles. The number of aliphatic hydroxyl groups excluding tert-OH is 1. The highest BCUT2D eigenvalue weighted by Crippen LogP contribution is 2.32. The van der Waals surface area contributed by atoms with Gasteiger partial charge in [0.2, 0.25) is 0 Å². The summed E-state index contributed by atoms with van der Waals surface area (Å²) in [7, 11) is 1.55. The zero-order valence-electron chi connectivity index (χ0n) is 11.4. The molecule has 1 N–H and O–H groups in total. The largest absolute Gasteiger partial charge is 0.493 e. The molecule has 0 unspecified atom stereocenters. The summed E-state index contributed by atoms with van der Waals surface area (Å²) in [4.78, 5) is 0. The molecule has 4 nitrogen and oxygen atoms in total. The Hall–Kier alpha value is -2.51. The van der Waals surface area contributed by atoms with Crippen LogP contribution in [0.5, 0.6) is 17.2 Å². The number of nitrogens with zero attached hydrogens (tertiary/aromatic N) is 1. The molecule has 2 rings (SSSR count). The van der Waals surface area contributed by atoms with Gasteiger partial charge in [-0.15, -0.1) is 0 Å². The Morgan fingerprint density at radius 1 is 1.15 bits per heavy atom.